The van der Waals surface area contributed by atoms with E-state index in [1.54, 1.807) is 13.1 Å². The number of carbonyl (C=O) groups is 2. The minimum atomic E-state index is -0.306. The molecule has 1 fully saturated rings. The molecule has 0 spiro atoms. The molecule has 1 aromatic carbocycles. The number of amides is 2. The van der Waals surface area contributed by atoms with E-state index >= 15 is 0 Å². The van der Waals surface area contributed by atoms with Gasteiger partial charge in [0.2, 0.25) is 11.8 Å². The molecule has 2 amide bonds. The Bertz CT molecular complexity index is 1260. The zero-order valence-electron chi connectivity index (χ0n) is 18.8. The lowest BCUT2D eigenvalue weighted by atomic mass is 10.1. The summed E-state index contributed by atoms with van der Waals surface area (Å²) in [6.07, 6.45) is 7.17. The maximum atomic E-state index is 12.4. The van der Waals surface area contributed by atoms with Crippen molar-refractivity contribution in [1.29, 1.82) is 0 Å². The van der Waals surface area contributed by atoms with Crippen molar-refractivity contribution in [2.24, 2.45) is 5.92 Å². The zero-order valence-corrected chi connectivity index (χ0v) is 19.5. The standard InChI is InChI=1S/C25H25ClN4O3/c1-4-8-28-21-10-16(3)29-24-18(21)6-5-7-22(24)33-14-19-17(11-27-12-20(19)26)13-30-23(31)9-15(2)25(30)32/h4-8,10-12,15H,9,13-14H2,1-3H3,(H,28,29)/b8-4-/t15-/m1/s1. The molecule has 1 aliphatic heterocycles. The number of likely N-dealkylation sites (tertiary alicyclic amines) is 1. The quantitative estimate of drug-likeness (QED) is 0.495. The number of carbonyl (C=O) groups excluding carboxylic acids is 2. The largest absolute Gasteiger partial charge is 0.487 e. The number of hydrogen-bond donors (Lipinski definition) is 1. The summed E-state index contributed by atoms with van der Waals surface area (Å²) in [7, 11) is 0. The Labute approximate surface area is 197 Å². The van der Waals surface area contributed by atoms with Gasteiger partial charge in [0.25, 0.3) is 0 Å². The molecule has 4 rings (SSSR count). The average Bonchev–Trinajstić information content (AvgIpc) is 3.03. The summed E-state index contributed by atoms with van der Waals surface area (Å²) in [6, 6.07) is 7.73. The number of aromatic nitrogens is 2. The number of fused-ring (bicyclic) bond motifs is 1. The number of anilines is 1. The molecule has 0 radical (unpaired) electrons. The fourth-order valence-electron chi connectivity index (χ4n) is 3.89. The molecule has 170 valence electrons. The number of benzene rings is 1. The number of halogens is 1. The van der Waals surface area contributed by atoms with Crippen LogP contribution in [0.25, 0.3) is 10.9 Å². The van der Waals surface area contributed by atoms with Crippen molar-refractivity contribution in [3.8, 4) is 5.75 Å². The molecule has 8 heteroatoms. The monoisotopic (exact) mass is 464 g/mol. The predicted octanol–water partition coefficient (Wildman–Crippen LogP) is 5.01. The van der Waals surface area contributed by atoms with Gasteiger partial charge in [-0.15, -0.1) is 0 Å². The zero-order chi connectivity index (χ0) is 23.5. The van der Waals surface area contributed by atoms with E-state index in [0.29, 0.717) is 21.9 Å². The lowest BCUT2D eigenvalue weighted by Crippen LogP contribution is -2.30. The van der Waals surface area contributed by atoms with Gasteiger partial charge in [0.1, 0.15) is 17.9 Å². The summed E-state index contributed by atoms with van der Waals surface area (Å²) >= 11 is 6.44. The third kappa shape index (κ3) is 4.68. The van der Waals surface area contributed by atoms with Crippen LogP contribution in [0.15, 0.2) is 48.9 Å². The smallest absolute Gasteiger partial charge is 0.232 e. The first-order chi connectivity index (χ1) is 15.9. The highest BCUT2D eigenvalue weighted by Gasteiger charge is 2.35. The molecule has 0 bridgehead atoms. The van der Waals surface area contributed by atoms with E-state index in [0.717, 1.165) is 22.3 Å². The molecule has 2 aromatic heterocycles. The number of allylic oxidation sites excluding steroid dienone is 1. The molecule has 7 nitrogen and oxygen atoms in total. The fraction of sp³-hybridized carbons (Fsp3) is 0.280. The number of ether oxygens (including phenoxy) is 1. The first-order valence-corrected chi connectivity index (χ1v) is 11.1. The van der Waals surface area contributed by atoms with Gasteiger partial charge in [-0.1, -0.05) is 36.7 Å². The molecule has 1 N–H and O–H groups in total. The maximum absolute atomic E-state index is 12.4. The molecule has 1 saturated heterocycles. The molecule has 1 atom stereocenters. The Kier molecular flexibility index (Phi) is 6.60. The van der Waals surface area contributed by atoms with E-state index < -0.39 is 0 Å². The van der Waals surface area contributed by atoms with Crippen LogP contribution in [0, 0.1) is 12.8 Å². The van der Waals surface area contributed by atoms with Crippen LogP contribution >= 0.6 is 11.6 Å². The van der Waals surface area contributed by atoms with Gasteiger partial charge >= 0.3 is 0 Å². The molecule has 1 aliphatic rings. The number of para-hydroxylation sites is 1. The number of pyridine rings is 2. The summed E-state index contributed by atoms with van der Waals surface area (Å²) < 4.78 is 6.17. The summed E-state index contributed by atoms with van der Waals surface area (Å²) in [6.45, 7) is 5.90. The second-order valence-electron chi connectivity index (χ2n) is 8.08. The first-order valence-electron chi connectivity index (χ1n) is 10.8. The number of nitrogens with zero attached hydrogens (tertiary/aromatic N) is 3. The van der Waals surface area contributed by atoms with Gasteiger partial charge in [0, 0.05) is 47.1 Å². The second-order valence-corrected chi connectivity index (χ2v) is 8.49. The molecular weight excluding hydrogens is 440 g/mol. The van der Waals surface area contributed by atoms with Crippen molar-refractivity contribution < 1.29 is 14.3 Å². The lowest BCUT2D eigenvalue weighted by molar-refractivity contribution is -0.139. The van der Waals surface area contributed by atoms with E-state index in [-0.39, 0.29) is 37.3 Å². The van der Waals surface area contributed by atoms with Gasteiger partial charge in [-0.3, -0.25) is 19.5 Å². The van der Waals surface area contributed by atoms with E-state index in [4.69, 9.17) is 16.3 Å². The SMILES string of the molecule is C/C=C\Nc1cc(C)nc2c(OCc3c(Cl)cncc3CN3C(=O)C[C@@H](C)C3=O)cccc12. The maximum Gasteiger partial charge on any atom is 0.232 e. The van der Waals surface area contributed by atoms with Crippen molar-refractivity contribution >= 4 is 40.0 Å². The number of imide groups is 1. The van der Waals surface area contributed by atoms with Crippen LogP contribution in [0.1, 0.15) is 37.1 Å². The topological polar surface area (TPSA) is 84.4 Å². The third-order valence-electron chi connectivity index (χ3n) is 5.60. The van der Waals surface area contributed by atoms with Gasteiger partial charge in [-0.05, 0) is 37.7 Å². The number of nitrogens with one attached hydrogen (secondary N) is 1. The van der Waals surface area contributed by atoms with Crippen LogP contribution < -0.4 is 10.1 Å². The van der Waals surface area contributed by atoms with Crippen molar-refractivity contribution in [3.05, 3.63) is 70.8 Å². The molecule has 0 saturated carbocycles. The number of aryl methyl sites for hydroxylation is 1. The van der Waals surface area contributed by atoms with Gasteiger partial charge in [0.05, 0.1) is 11.6 Å². The lowest BCUT2D eigenvalue weighted by Gasteiger charge is -2.18. The minimum Gasteiger partial charge on any atom is -0.487 e. The molecule has 0 unspecified atom stereocenters. The summed E-state index contributed by atoms with van der Waals surface area (Å²) in [5.74, 6) is -0.0591. The van der Waals surface area contributed by atoms with Crippen molar-refractivity contribution in [2.45, 2.75) is 40.3 Å². The fourth-order valence-corrected chi connectivity index (χ4v) is 4.13. The molecule has 3 heterocycles. The third-order valence-corrected chi connectivity index (χ3v) is 5.93. The van der Waals surface area contributed by atoms with Crippen LogP contribution in [0.2, 0.25) is 5.02 Å². The Morgan fingerprint density at radius 2 is 2.12 bits per heavy atom. The summed E-state index contributed by atoms with van der Waals surface area (Å²) in [5, 5.41) is 4.62. The highest BCUT2D eigenvalue weighted by atomic mass is 35.5. The van der Waals surface area contributed by atoms with Crippen molar-refractivity contribution in [3.63, 3.8) is 0 Å². The average molecular weight is 465 g/mol. The number of hydrogen-bond acceptors (Lipinski definition) is 6. The van der Waals surface area contributed by atoms with E-state index in [9.17, 15) is 9.59 Å². The van der Waals surface area contributed by atoms with Crippen LogP contribution in [-0.4, -0.2) is 26.7 Å². The normalized spacial score (nSPS) is 16.2. The van der Waals surface area contributed by atoms with Crippen LogP contribution in [-0.2, 0) is 22.7 Å². The molecule has 3 aromatic rings. The molecule has 0 aliphatic carbocycles. The van der Waals surface area contributed by atoms with Gasteiger partial charge < -0.3 is 10.1 Å². The van der Waals surface area contributed by atoms with Crippen LogP contribution in [0.4, 0.5) is 5.69 Å². The van der Waals surface area contributed by atoms with Gasteiger partial charge in [0.15, 0.2) is 0 Å². The molecular formula is C25H25ClN4O3. The molecule has 33 heavy (non-hydrogen) atoms. The van der Waals surface area contributed by atoms with Crippen LogP contribution in [0.5, 0.6) is 5.75 Å². The predicted molar refractivity (Wildman–Crippen MR) is 128 cm³/mol. The Morgan fingerprint density at radius 1 is 1.30 bits per heavy atom. The first kappa shape index (κ1) is 22.7. The minimum absolute atomic E-state index is 0.124. The van der Waals surface area contributed by atoms with Gasteiger partial charge in [-0.2, -0.15) is 0 Å². The Morgan fingerprint density at radius 3 is 2.85 bits per heavy atom. The van der Waals surface area contributed by atoms with Gasteiger partial charge in [-0.25, -0.2) is 4.98 Å². The second kappa shape index (κ2) is 9.58. The van der Waals surface area contributed by atoms with E-state index in [1.807, 2.05) is 50.4 Å². The van der Waals surface area contributed by atoms with E-state index in [1.165, 1.54) is 11.1 Å². The summed E-state index contributed by atoms with van der Waals surface area (Å²) in [4.78, 5) is 34.7. The Hall–Kier alpha value is -3.45. The van der Waals surface area contributed by atoms with Crippen molar-refractivity contribution in [2.75, 3.05) is 5.32 Å². The summed E-state index contributed by atoms with van der Waals surface area (Å²) in [5.41, 5.74) is 3.88. The highest BCUT2D eigenvalue weighted by molar-refractivity contribution is 6.31. The number of rotatable bonds is 7. The van der Waals surface area contributed by atoms with Crippen LogP contribution in [0.3, 0.4) is 0 Å². The van der Waals surface area contributed by atoms with Crippen molar-refractivity contribution in [1.82, 2.24) is 14.9 Å². The van der Waals surface area contributed by atoms with E-state index in [2.05, 4.69) is 15.3 Å². The highest BCUT2D eigenvalue weighted by Crippen LogP contribution is 2.32. The Balaban J connectivity index is 1.63.